The number of hydrogen-bond acceptors (Lipinski definition) is 2. The van der Waals surface area contributed by atoms with Crippen LogP contribution in [-0.2, 0) is 0 Å². The molecule has 0 saturated carbocycles. The van der Waals surface area contributed by atoms with E-state index < -0.39 is 0 Å². The molecular formula is C16H21BrClFN2O. The summed E-state index contributed by atoms with van der Waals surface area (Å²) in [5.74, 6) is -0.433. The summed E-state index contributed by atoms with van der Waals surface area (Å²) >= 11 is 3.12. The van der Waals surface area contributed by atoms with E-state index in [2.05, 4.69) is 21.2 Å². The highest BCUT2D eigenvalue weighted by Gasteiger charge is 2.36. The molecule has 0 aromatic heterocycles. The normalized spacial score (nSPS) is 20.5. The largest absolute Gasteiger partial charge is 0.339 e. The number of carbonyl (C=O) groups is 1. The monoisotopic (exact) mass is 390 g/mol. The van der Waals surface area contributed by atoms with Gasteiger partial charge in [-0.15, -0.1) is 12.4 Å². The fourth-order valence-corrected chi connectivity index (χ4v) is 3.70. The number of carbonyl (C=O) groups excluding carboxylic acids is 1. The Labute approximate surface area is 145 Å². The van der Waals surface area contributed by atoms with E-state index in [0.29, 0.717) is 15.5 Å². The molecule has 1 aromatic rings. The zero-order valence-electron chi connectivity index (χ0n) is 12.4. The molecule has 22 heavy (non-hydrogen) atoms. The molecule has 0 bridgehead atoms. The molecule has 0 unspecified atom stereocenters. The fourth-order valence-electron chi connectivity index (χ4n) is 3.45. The van der Waals surface area contributed by atoms with Crippen LogP contribution in [0.2, 0.25) is 0 Å². The third kappa shape index (κ3) is 3.63. The summed E-state index contributed by atoms with van der Waals surface area (Å²) in [5, 5.41) is 3.40. The molecule has 1 amide bonds. The third-order valence-corrected chi connectivity index (χ3v) is 5.59. The van der Waals surface area contributed by atoms with Crippen molar-refractivity contribution in [2.24, 2.45) is 5.41 Å². The van der Waals surface area contributed by atoms with Gasteiger partial charge >= 0.3 is 0 Å². The lowest BCUT2D eigenvalue weighted by Crippen LogP contribution is -2.47. The van der Waals surface area contributed by atoms with Crippen LogP contribution < -0.4 is 5.32 Å². The molecule has 2 aliphatic rings. The minimum Gasteiger partial charge on any atom is -0.339 e. The Morgan fingerprint density at radius 2 is 1.82 bits per heavy atom. The van der Waals surface area contributed by atoms with Crippen molar-refractivity contribution >= 4 is 34.2 Å². The Morgan fingerprint density at radius 1 is 1.18 bits per heavy atom. The molecule has 3 rings (SSSR count). The number of halogens is 3. The highest BCUT2D eigenvalue weighted by Crippen LogP contribution is 2.39. The molecule has 2 aliphatic heterocycles. The Bertz CT molecular complexity index is 539. The van der Waals surface area contributed by atoms with Crippen molar-refractivity contribution < 1.29 is 9.18 Å². The first-order valence-corrected chi connectivity index (χ1v) is 8.34. The Kier molecular flexibility index (Phi) is 5.86. The lowest BCUT2D eigenvalue weighted by Gasteiger charge is -2.44. The number of nitrogens with one attached hydrogen (secondary N) is 1. The van der Waals surface area contributed by atoms with Gasteiger partial charge in [-0.05, 0) is 78.3 Å². The van der Waals surface area contributed by atoms with Gasteiger partial charge < -0.3 is 10.2 Å². The summed E-state index contributed by atoms with van der Waals surface area (Å²) in [5.41, 5.74) is 0.865. The van der Waals surface area contributed by atoms with Gasteiger partial charge in [-0.25, -0.2) is 4.39 Å². The molecule has 1 aromatic carbocycles. The maximum atomic E-state index is 13.6. The van der Waals surface area contributed by atoms with Crippen LogP contribution >= 0.6 is 28.3 Å². The second kappa shape index (κ2) is 7.28. The van der Waals surface area contributed by atoms with Crippen LogP contribution in [-0.4, -0.2) is 37.0 Å². The molecule has 2 saturated heterocycles. The average molecular weight is 392 g/mol. The molecule has 1 N–H and O–H groups in total. The van der Waals surface area contributed by atoms with E-state index >= 15 is 0 Å². The van der Waals surface area contributed by atoms with Crippen LogP contribution in [0.1, 0.15) is 36.0 Å². The number of nitrogens with zero attached hydrogens (tertiary/aromatic N) is 1. The standard InChI is InChI=1S/C16H20BrFN2O.ClH/c17-13-2-1-12(11-14(13)18)15(21)20-9-5-16(6-10-20)3-7-19-8-4-16;/h1-2,11,19H,3-10H2;1H. The predicted molar refractivity (Wildman–Crippen MR) is 91.0 cm³/mol. The van der Waals surface area contributed by atoms with Gasteiger partial charge in [0.1, 0.15) is 5.82 Å². The maximum absolute atomic E-state index is 13.6. The van der Waals surface area contributed by atoms with Crippen molar-refractivity contribution in [1.82, 2.24) is 10.2 Å². The molecule has 6 heteroatoms. The minimum absolute atomic E-state index is 0. The van der Waals surface area contributed by atoms with E-state index in [1.54, 1.807) is 12.1 Å². The second-order valence-electron chi connectivity index (χ2n) is 6.17. The molecular weight excluding hydrogens is 371 g/mol. The number of hydrogen-bond donors (Lipinski definition) is 1. The van der Waals surface area contributed by atoms with Gasteiger partial charge in [-0.2, -0.15) is 0 Å². The van der Waals surface area contributed by atoms with Crippen molar-refractivity contribution in [3.63, 3.8) is 0 Å². The number of likely N-dealkylation sites (tertiary alicyclic amines) is 1. The summed E-state index contributed by atoms with van der Waals surface area (Å²) < 4.78 is 14.0. The molecule has 3 nitrogen and oxygen atoms in total. The highest BCUT2D eigenvalue weighted by atomic mass is 79.9. The Balaban J connectivity index is 0.00000176. The minimum atomic E-state index is -0.382. The first kappa shape index (κ1) is 17.7. The van der Waals surface area contributed by atoms with Crippen LogP contribution in [0.15, 0.2) is 22.7 Å². The smallest absolute Gasteiger partial charge is 0.253 e. The first-order valence-electron chi connectivity index (χ1n) is 7.55. The lowest BCUT2D eigenvalue weighted by molar-refractivity contribution is 0.0495. The number of piperidine rings is 2. The quantitative estimate of drug-likeness (QED) is 0.793. The number of amides is 1. The summed E-state index contributed by atoms with van der Waals surface area (Å²) in [6, 6.07) is 4.60. The molecule has 2 heterocycles. The van der Waals surface area contributed by atoms with Crippen LogP contribution in [0.25, 0.3) is 0 Å². The van der Waals surface area contributed by atoms with E-state index in [-0.39, 0.29) is 24.1 Å². The second-order valence-corrected chi connectivity index (χ2v) is 7.03. The molecule has 1 spiro atoms. The number of rotatable bonds is 1. The summed E-state index contributed by atoms with van der Waals surface area (Å²) in [6.07, 6.45) is 4.56. The summed E-state index contributed by atoms with van der Waals surface area (Å²) in [7, 11) is 0. The molecule has 0 radical (unpaired) electrons. The van der Waals surface area contributed by atoms with Crippen LogP contribution in [0.3, 0.4) is 0 Å². The predicted octanol–water partition coefficient (Wildman–Crippen LogP) is 3.62. The van der Waals surface area contributed by atoms with Crippen molar-refractivity contribution in [3.05, 3.63) is 34.1 Å². The topological polar surface area (TPSA) is 32.3 Å². The molecule has 0 aliphatic carbocycles. The number of benzene rings is 1. The van der Waals surface area contributed by atoms with Crippen LogP contribution in [0, 0.1) is 11.2 Å². The fraction of sp³-hybridized carbons (Fsp3) is 0.562. The Morgan fingerprint density at radius 3 is 2.41 bits per heavy atom. The van der Waals surface area contributed by atoms with Crippen molar-refractivity contribution in [1.29, 1.82) is 0 Å². The molecule has 2 fully saturated rings. The van der Waals surface area contributed by atoms with E-state index in [4.69, 9.17) is 0 Å². The van der Waals surface area contributed by atoms with Gasteiger partial charge in [0.05, 0.1) is 4.47 Å². The van der Waals surface area contributed by atoms with Gasteiger partial charge in [-0.3, -0.25) is 4.79 Å². The lowest BCUT2D eigenvalue weighted by atomic mass is 9.71. The van der Waals surface area contributed by atoms with Crippen molar-refractivity contribution in [2.45, 2.75) is 25.7 Å². The average Bonchev–Trinajstić information content (AvgIpc) is 2.51. The molecule has 122 valence electrons. The summed E-state index contributed by atoms with van der Waals surface area (Å²) in [4.78, 5) is 14.3. The van der Waals surface area contributed by atoms with Gasteiger partial charge in [0.15, 0.2) is 0 Å². The van der Waals surface area contributed by atoms with E-state index in [1.807, 2.05) is 4.90 Å². The third-order valence-electron chi connectivity index (χ3n) is 4.94. The van der Waals surface area contributed by atoms with Gasteiger partial charge in [0.2, 0.25) is 0 Å². The van der Waals surface area contributed by atoms with Crippen molar-refractivity contribution in [3.8, 4) is 0 Å². The first-order chi connectivity index (χ1) is 10.1. The van der Waals surface area contributed by atoms with E-state index in [0.717, 1.165) is 39.0 Å². The van der Waals surface area contributed by atoms with E-state index in [9.17, 15) is 9.18 Å². The van der Waals surface area contributed by atoms with Crippen molar-refractivity contribution in [2.75, 3.05) is 26.2 Å². The van der Waals surface area contributed by atoms with Crippen LogP contribution in [0.5, 0.6) is 0 Å². The van der Waals surface area contributed by atoms with Crippen LogP contribution in [0.4, 0.5) is 4.39 Å². The SMILES string of the molecule is Cl.O=C(c1ccc(Br)c(F)c1)N1CCC2(CCNCC2)CC1. The molecule has 0 atom stereocenters. The van der Waals surface area contributed by atoms with Gasteiger partial charge in [0.25, 0.3) is 5.91 Å². The summed E-state index contributed by atoms with van der Waals surface area (Å²) in [6.45, 7) is 3.75. The zero-order chi connectivity index (χ0) is 14.9. The van der Waals surface area contributed by atoms with E-state index in [1.165, 1.54) is 18.9 Å². The zero-order valence-corrected chi connectivity index (χ0v) is 14.8. The highest BCUT2D eigenvalue weighted by molar-refractivity contribution is 9.10. The van der Waals surface area contributed by atoms with Gasteiger partial charge in [-0.1, -0.05) is 0 Å². The maximum Gasteiger partial charge on any atom is 0.253 e. The van der Waals surface area contributed by atoms with Gasteiger partial charge in [0, 0.05) is 18.7 Å². The Hall–Kier alpha value is -0.650.